The Hall–Kier alpha value is -2.74. The van der Waals surface area contributed by atoms with Crippen LogP contribution in [-0.2, 0) is 11.8 Å². The Morgan fingerprint density at radius 3 is 2.71 bits per heavy atom. The van der Waals surface area contributed by atoms with Crippen LogP contribution in [0.3, 0.4) is 0 Å². The number of nitrogens with one attached hydrogen (secondary N) is 1. The Morgan fingerprint density at radius 2 is 2.00 bits per heavy atom. The van der Waals surface area contributed by atoms with Gasteiger partial charge in [-0.25, -0.2) is 4.98 Å². The van der Waals surface area contributed by atoms with Crippen LogP contribution < -0.4 is 5.32 Å². The Kier molecular flexibility index (Phi) is 4.85. The predicted molar refractivity (Wildman–Crippen MR) is 92.6 cm³/mol. The van der Waals surface area contributed by atoms with Crippen LogP contribution >= 0.6 is 11.8 Å². The van der Waals surface area contributed by atoms with E-state index in [9.17, 15) is 4.79 Å². The maximum absolute atomic E-state index is 12.0. The highest BCUT2D eigenvalue weighted by atomic mass is 32.2. The number of thioether (sulfide) groups is 1. The Balaban J connectivity index is 1.62. The van der Waals surface area contributed by atoms with Crippen molar-refractivity contribution in [2.24, 2.45) is 7.05 Å². The van der Waals surface area contributed by atoms with Gasteiger partial charge in [0.15, 0.2) is 11.0 Å². The van der Waals surface area contributed by atoms with Crippen LogP contribution in [0.15, 0.2) is 48.0 Å². The molecule has 2 heterocycles. The minimum atomic E-state index is -0.0899. The fraction of sp³-hybridized carbons (Fsp3) is 0.188. The van der Waals surface area contributed by atoms with Gasteiger partial charge in [-0.2, -0.15) is 0 Å². The topological polar surface area (TPSA) is 85.6 Å². The molecule has 0 aliphatic carbocycles. The number of aryl methyl sites for hydroxylation is 1. The highest BCUT2D eigenvalue weighted by molar-refractivity contribution is 7.99. The summed E-state index contributed by atoms with van der Waals surface area (Å²) in [4.78, 5) is 20.3. The standard InChI is InChI=1S/C16H16N6OS/c1-11-3-5-12(6-4-11)19-14(23)10-24-16-21-20-15(22(16)2)13-9-17-7-8-18-13/h3-9H,10H2,1-2H3,(H,19,23). The second-order valence-electron chi connectivity index (χ2n) is 5.16. The number of carbonyl (C=O) groups excluding carboxylic acids is 1. The smallest absolute Gasteiger partial charge is 0.234 e. The molecule has 1 N–H and O–H groups in total. The Labute approximate surface area is 143 Å². The van der Waals surface area contributed by atoms with Crippen LogP contribution in [0.1, 0.15) is 5.56 Å². The van der Waals surface area contributed by atoms with Crippen LogP contribution in [-0.4, -0.2) is 36.4 Å². The second-order valence-corrected chi connectivity index (χ2v) is 6.10. The van der Waals surface area contributed by atoms with Crippen molar-refractivity contribution in [2.75, 3.05) is 11.1 Å². The summed E-state index contributed by atoms with van der Waals surface area (Å²) in [5, 5.41) is 11.7. The monoisotopic (exact) mass is 340 g/mol. The van der Waals surface area contributed by atoms with E-state index in [1.807, 2.05) is 38.2 Å². The first-order valence-corrected chi connectivity index (χ1v) is 8.27. The van der Waals surface area contributed by atoms with Gasteiger partial charge in [0, 0.05) is 25.1 Å². The van der Waals surface area contributed by atoms with E-state index in [0.29, 0.717) is 16.7 Å². The molecule has 0 saturated carbocycles. The molecule has 0 aliphatic heterocycles. The molecule has 2 aromatic heterocycles. The van der Waals surface area contributed by atoms with Crippen molar-refractivity contribution in [3.05, 3.63) is 48.4 Å². The van der Waals surface area contributed by atoms with Gasteiger partial charge >= 0.3 is 0 Å². The second kappa shape index (κ2) is 7.22. The molecule has 122 valence electrons. The van der Waals surface area contributed by atoms with Gasteiger partial charge in [0.2, 0.25) is 5.91 Å². The van der Waals surface area contributed by atoms with Crippen molar-refractivity contribution >= 4 is 23.4 Å². The van der Waals surface area contributed by atoms with Crippen molar-refractivity contribution in [1.29, 1.82) is 0 Å². The minimum Gasteiger partial charge on any atom is -0.325 e. The highest BCUT2D eigenvalue weighted by Crippen LogP contribution is 2.20. The van der Waals surface area contributed by atoms with Gasteiger partial charge in [-0.3, -0.25) is 9.78 Å². The summed E-state index contributed by atoms with van der Waals surface area (Å²) in [6.45, 7) is 2.00. The molecule has 1 amide bonds. The number of carbonyl (C=O) groups is 1. The van der Waals surface area contributed by atoms with E-state index in [4.69, 9.17) is 0 Å². The third-order valence-electron chi connectivity index (χ3n) is 3.29. The summed E-state index contributed by atoms with van der Waals surface area (Å²) in [5.41, 5.74) is 2.57. The van der Waals surface area contributed by atoms with Gasteiger partial charge in [-0.1, -0.05) is 29.5 Å². The van der Waals surface area contributed by atoms with Gasteiger partial charge in [0.25, 0.3) is 0 Å². The zero-order valence-electron chi connectivity index (χ0n) is 13.3. The van der Waals surface area contributed by atoms with Gasteiger partial charge in [-0.15, -0.1) is 10.2 Å². The van der Waals surface area contributed by atoms with Crippen molar-refractivity contribution in [3.8, 4) is 11.5 Å². The zero-order valence-corrected chi connectivity index (χ0v) is 14.1. The molecule has 0 aliphatic rings. The summed E-state index contributed by atoms with van der Waals surface area (Å²) in [6, 6.07) is 7.68. The van der Waals surface area contributed by atoms with E-state index < -0.39 is 0 Å². The molecule has 7 nitrogen and oxygen atoms in total. The molecule has 0 spiro atoms. The maximum atomic E-state index is 12.0. The molecule has 3 aromatic rings. The van der Waals surface area contributed by atoms with Gasteiger partial charge < -0.3 is 9.88 Å². The maximum Gasteiger partial charge on any atom is 0.234 e. The summed E-state index contributed by atoms with van der Waals surface area (Å²) in [7, 11) is 1.84. The number of hydrogen-bond acceptors (Lipinski definition) is 6. The number of hydrogen-bond donors (Lipinski definition) is 1. The SMILES string of the molecule is Cc1ccc(NC(=O)CSc2nnc(-c3cnccn3)n2C)cc1. The summed E-state index contributed by atoms with van der Waals surface area (Å²) in [5.74, 6) is 0.776. The van der Waals surface area contributed by atoms with Crippen LogP contribution in [0.5, 0.6) is 0 Å². The molecule has 8 heteroatoms. The molecule has 24 heavy (non-hydrogen) atoms. The average Bonchev–Trinajstić information content (AvgIpc) is 2.97. The van der Waals surface area contributed by atoms with E-state index in [1.165, 1.54) is 11.8 Å². The van der Waals surface area contributed by atoms with E-state index >= 15 is 0 Å². The van der Waals surface area contributed by atoms with Crippen LogP contribution in [0.4, 0.5) is 5.69 Å². The number of anilines is 1. The molecular formula is C16H16N6OS. The summed E-state index contributed by atoms with van der Waals surface area (Å²) in [6.07, 6.45) is 4.83. The predicted octanol–water partition coefficient (Wildman–Crippen LogP) is 2.31. The molecule has 0 saturated heterocycles. The van der Waals surface area contributed by atoms with E-state index in [-0.39, 0.29) is 11.7 Å². The molecule has 0 atom stereocenters. The molecule has 0 unspecified atom stereocenters. The molecule has 0 bridgehead atoms. The van der Waals surface area contributed by atoms with Crippen LogP contribution in [0, 0.1) is 6.92 Å². The number of rotatable bonds is 5. The third-order valence-corrected chi connectivity index (χ3v) is 4.32. The summed E-state index contributed by atoms with van der Waals surface area (Å²) >= 11 is 1.32. The van der Waals surface area contributed by atoms with Gasteiger partial charge in [0.1, 0.15) is 5.69 Å². The van der Waals surface area contributed by atoms with E-state index in [2.05, 4.69) is 25.5 Å². The van der Waals surface area contributed by atoms with Gasteiger partial charge in [0.05, 0.1) is 11.9 Å². The van der Waals surface area contributed by atoms with Crippen molar-refractivity contribution < 1.29 is 4.79 Å². The zero-order chi connectivity index (χ0) is 16.9. The first-order chi connectivity index (χ1) is 11.6. The molecular weight excluding hydrogens is 324 g/mol. The quantitative estimate of drug-likeness (QED) is 0.717. The minimum absolute atomic E-state index is 0.0899. The van der Waals surface area contributed by atoms with Crippen molar-refractivity contribution in [1.82, 2.24) is 24.7 Å². The number of amides is 1. The van der Waals surface area contributed by atoms with Gasteiger partial charge in [-0.05, 0) is 19.1 Å². The number of benzene rings is 1. The lowest BCUT2D eigenvalue weighted by molar-refractivity contribution is -0.113. The lowest BCUT2D eigenvalue weighted by Gasteiger charge is -2.05. The molecule has 1 aromatic carbocycles. The average molecular weight is 340 g/mol. The highest BCUT2D eigenvalue weighted by Gasteiger charge is 2.13. The molecule has 0 fully saturated rings. The van der Waals surface area contributed by atoms with Crippen molar-refractivity contribution in [3.63, 3.8) is 0 Å². The fourth-order valence-electron chi connectivity index (χ4n) is 2.04. The first-order valence-electron chi connectivity index (χ1n) is 7.28. The normalized spacial score (nSPS) is 10.6. The van der Waals surface area contributed by atoms with Crippen LogP contribution in [0.2, 0.25) is 0 Å². The molecule has 0 radical (unpaired) electrons. The lowest BCUT2D eigenvalue weighted by atomic mass is 10.2. The van der Waals surface area contributed by atoms with Crippen LogP contribution in [0.25, 0.3) is 11.5 Å². The lowest BCUT2D eigenvalue weighted by Crippen LogP contribution is -2.14. The number of nitrogens with zero attached hydrogens (tertiary/aromatic N) is 5. The molecule has 3 rings (SSSR count). The van der Waals surface area contributed by atoms with Crippen molar-refractivity contribution in [2.45, 2.75) is 12.1 Å². The van der Waals surface area contributed by atoms with E-state index in [1.54, 1.807) is 23.2 Å². The fourth-order valence-corrected chi connectivity index (χ4v) is 2.75. The number of aromatic nitrogens is 5. The Bertz CT molecular complexity index is 832. The summed E-state index contributed by atoms with van der Waals surface area (Å²) < 4.78 is 1.80. The third kappa shape index (κ3) is 3.77. The largest absolute Gasteiger partial charge is 0.325 e. The first kappa shape index (κ1) is 16.1. The van der Waals surface area contributed by atoms with E-state index in [0.717, 1.165) is 11.3 Å². The Morgan fingerprint density at radius 1 is 1.21 bits per heavy atom.